The van der Waals surface area contributed by atoms with Crippen molar-refractivity contribution in [1.29, 1.82) is 0 Å². The molecule has 0 aliphatic rings. The van der Waals surface area contributed by atoms with E-state index < -0.39 is 5.97 Å². The Bertz CT molecular complexity index is 517. The lowest BCUT2D eigenvalue weighted by molar-refractivity contribution is -0.137. The topological polar surface area (TPSA) is 37.3 Å². The molecule has 0 unspecified atom stereocenters. The molecule has 0 spiro atoms. The lowest BCUT2D eigenvalue weighted by atomic mass is 9.95. The van der Waals surface area contributed by atoms with Crippen LogP contribution >= 0.6 is 0 Å². The van der Waals surface area contributed by atoms with Crippen LogP contribution in [0.4, 0.5) is 0 Å². The monoisotopic (exact) mass is 214 g/mol. The Balaban J connectivity index is 2.35. The number of aliphatic carboxylic acids is 1. The Morgan fingerprint density at radius 1 is 1.19 bits per heavy atom. The second-order valence-electron chi connectivity index (χ2n) is 4.11. The average Bonchev–Trinajstić information content (AvgIpc) is 2.27. The largest absolute Gasteiger partial charge is 0.481 e. The third-order valence-corrected chi connectivity index (χ3v) is 2.82. The van der Waals surface area contributed by atoms with E-state index in [1.807, 2.05) is 37.3 Å². The van der Waals surface area contributed by atoms with Crippen LogP contribution in [0.25, 0.3) is 10.8 Å². The Hall–Kier alpha value is -1.83. The molecule has 0 bridgehead atoms. The van der Waals surface area contributed by atoms with Gasteiger partial charge in [-0.05, 0) is 22.3 Å². The fraction of sp³-hybridized carbons (Fsp3) is 0.214. The highest BCUT2D eigenvalue weighted by atomic mass is 16.4. The fourth-order valence-corrected chi connectivity index (χ4v) is 1.89. The molecule has 0 radical (unpaired) electrons. The van der Waals surface area contributed by atoms with Crippen LogP contribution in [-0.4, -0.2) is 11.1 Å². The molecule has 0 saturated carbocycles. The van der Waals surface area contributed by atoms with Crippen molar-refractivity contribution in [2.24, 2.45) is 0 Å². The number of rotatable bonds is 3. The second kappa shape index (κ2) is 4.35. The van der Waals surface area contributed by atoms with Crippen molar-refractivity contribution in [1.82, 2.24) is 0 Å². The Labute approximate surface area is 94.5 Å². The van der Waals surface area contributed by atoms with E-state index in [1.54, 1.807) is 0 Å². The number of benzene rings is 2. The predicted molar refractivity (Wildman–Crippen MR) is 64.6 cm³/mol. The number of carbonyl (C=O) groups is 1. The van der Waals surface area contributed by atoms with Gasteiger partial charge in [-0.25, -0.2) is 0 Å². The summed E-state index contributed by atoms with van der Waals surface area (Å²) in [6.45, 7) is 1.94. The molecule has 82 valence electrons. The van der Waals surface area contributed by atoms with Gasteiger partial charge in [0, 0.05) is 0 Å². The maximum absolute atomic E-state index is 10.6. The number of hydrogen-bond donors (Lipinski definition) is 1. The van der Waals surface area contributed by atoms with E-state index in [4.69, 9.17) is 5.11 Å². The summed E-state index contributed by atoms with van der Waals surface area (Å²) in [5.74, 6) is -0.692. The highest BCUT2D eigenvalue weighted by Gasteiger charge is 2.10. The van der Waals surface area contributed by atoms with Gasteiger partial charge in [0.25, 0.3) is 0 Å². The lowest BCUT2D eigenvalue weighted by Crippen LogP contribution is -2.02. The molecule has 0 fully saturated rings. The van der Waals surface area contributed by atoms with Gasteiger partial charge in [0.15, 0.2) is 0 Å². The van der Waals surface area contributed by atoms with E-state index in [9.17, 15) is 4.79 Å². The Kier molecular flexibility index (Phi) is 2.91. The standard InChI is InChI=1S/C14H14O2/c1-10(8-14(15)16)12-7-6-11-4-2-3-5-13(11)9-12/h2-7,9-10H,8H2,1H3,(H,15,16)/t10-/m0/s1. The van der Waals surface area contributed by atoms with E-state index in [0.717, 1.165) is 10.9 Å². The summed E-state index contributed by atoms with van der Waals surface area (Å²) in [6, 6.07) is 14.2. The number of fused-ring (bicyclic) bond motifs is 1. The Morgan fingerprint density at radius 3 is 2.56 bits per heavy atom. The zero-order valence-corrected chi connectivity index (χ0v) is 9.18. The van der Waals surface area contributed by atoms with Crippen LogP contribution in [0, 0.1) is 0 Å². The van der Waals surface area contributed by atoms with Gasteiger partial charge in [-0.2, -0.15) is 0 Å². The summed E-state index contributed by atoms with van der Waals surface area (Å²) in [5, 5.41) is 11.1. The van der Waals surface area contributed by atoms with Crippen LogP contribution in [0.2, 0.25) is 0 Å². The first-order chi connectivity index (χ1) is 7.66. The molecule has 2 nitrogen and oxygen atoms in total. The van der Waals surface area contributed by atoms with Crippen LogP contribution in [0.15, 0.2) is 42.5 Å². The summed E-state index contributed by atoms with van der Waals surface area (Å²) >= 11 is 0. The van der Waals surface area contributed by atoms with Crippen LogP contribution in [-0.2, 0) is 4.79 Å². The van der Waals surface area contributed by atoms with Crippen molar-refractivity contribution in [3.63, 3.8) is 0 Å². The third-order valence-electron chi connectivity index (χ3n) is 2.82. The first kappa shape index (κ1) is 10.7. The number of hydrogen-bond acceptors (Lipinski definition) is 1. The minimum atomic E-state index is -0.749. The molecular formula is C14H14O2. The molecule has 16 heavy (non-hydrogen) atoms. The van der Waals surface area contributed by atoms with Crippen molar-refractivity contribution in [2.75, 3.05) is 0 Å². The highest BCUT2D eigenvalue weighted by molar-refractivity contribution is 5.83. The van der Waals surface area contributed by atoms with E-state index >= 15 is 0 Å². The molecule has 0 aromatic heterocycles. The predicted octanol–water partition coefficient (Wildman–Crippen LogP) is 3.42. The Morgan fingerprint density at radius 2 is 1.88 bits per heavy atom. The zero-order valence-electron chi connectivity index (χ0n) is 9.18. The van der Waals surface area contributed by atoms with E-state index in [1.165, 1.54) is 5.39 Å². The van der Waals surface area contributed by atoms with Gasteiger partial charge in [-0.1, -0.05) is 49.4 Å². The summed E-state index contributed by atoms with van der Waals surface area (Å²) in [6.07, 6.45) is 0.179. The van der Waals surface area contributed by atoms with Crippen molar-refractivity contribution in [3.8, 4) is 0 Å². The summed E-state index contributed by atoms with van der Waals surface area (Å²) < 4.78 is 0. The van der Waals surface area contributed by atoms with E-state index in [-0.39, 0.29) is 12.3 Å². The van der Waals surface area contributed by atoms with Crippen molar-refractivity contribution in [3.05, 3.63) is 48.0 Å². The summed E-state index contributed by atoms with van der Waals surface area (Å²) in [4.78, 5) is 10.6. The normalized spacial score (nSPS) is 12.6. The highest BCUT2D eigenvalue weighted by Crippen LogP contribution is 2.23. The molecular weight excluding hydrogens is 200 g/mol. The van der Waals surface area contributed by atoms with Crippen LogP contribution < -0.4 is 0 Å². The molecule has 1 N–H and O–H groups in total. The molecule has 0 amide bonds. The van der Waals surface area contributed by atoms with E-state index in [0.29, 0.717) is 0 Å². The molecule has 0 heterocycles. The van der Waals surface area contributed by atoms with Crippen LogP contribution in [0.3, 0.4) is 0 Å². The molecule has 0 saturated heterocycles. The van der Waals surface area contributed by atoms with Gasteiger partial charge in [-0.15, -0.1) is 0 Å². The molecule has 2 aromatic carbocycles. The number of carboxylic acids is 1. The van der Waals surface area contributed by atoms with Gasteiger partial charge in [0.05, 0.1) is 6.42 Å². The molecule has 2 aromatic rings. The van der Waals surface area contributed by atoms with Gasteiger partial charge in [-0.3, -0.25) is 4.79 Å². The zero-order chi connectivity index (χ0) is 11.5. The quantitative estimate of drug-likeness (QED) is 0.850. The first-order valence-electron chi connectivity index (χ1n) is 5.37. The minimum absolute atomic E-state index is 0.0575. The third kappa shape index (κ3) is 2.22. The van der Waals surface area contributed by atoms with Crippen molar-refractivity contribution in [2.45, 2.75) is 19.3 Å². The number of carboxylic acid groups (broad SMARTS) is 1. The molecule has 0 aliphatic carbocycles. The smallest absolute Gasteiger partial charge is 0.303 e. The summed E-state index contributed by atoms with van der Waals surface area (Å²) in [5.41, 5.74) is 1.08. The first-order valence-corrected chi connectivity index (χ1v) is 5.37. The maximum atomic E-state index is 10.6. The minimum Gasteiger partial charge on any atom is -0.481 e. The van der Waals surface area contributed by atoms with Gasteiger partial charge in [0.1, 0.15) is 0 Å². The average molecular weight is 214 g/mol. The van der Waals surface area contributed by atoms with Crippen molar-refractivity contribution < 1.29 is 9.90 Å². The SMILES string of the molecule is C[C@@H](CC(=O)O)c1ccc2ccccc2c1. The van der Waals surface area contributed by atoms with E-state index in [2.05, 4.69) is 12.1 Å². The van der Waals surface area contributed by atoms with Gasteiger partial charge in [0.2, 0.25) is 0 Å². The molecule has 1 atom stereocenters. The molecule has 2 rings (SSSR count). The van der Waals surface area contributed by atoms with Gasteiger partial charge < -0.3 is 5.11 Å². The van der Waals surface area contributed by atoms with Crippen molar-refractivity contribution >= 4 is 16.7 Å². The summed E-state index contributed by atoms with van der Waals surface area (Å²) in [7, 11) is 0. The lowest BCUT2D eigenvalue weighted by Gasteiger charge is -2.10. The van der Waals surface area contributed by atoms with Crippen LogP contribution in [0.1, 0.15) is 24.8 Å². The van der Waals surface area contributed by atoms with Crippen LogP contribution in [0.5, 0.6) is 0 Å². The second-order valence-corrected chi connectivity index (χ2v) is 4.11. The maximum Gasteiger partial charge on any atom is 0.303 e. The molecule has 0 aliphatic heterocycles. The van der Waals surface area contributed by atoms with Gasteiger partial charge >= 0.3 is 5.97 Å². The fourth-order valence-electron chi connectivity index (χ4n) is 1.89. The molecule has 2 heteroatoms.